The lowest BCUT2D eigenvalue weighted by Gasteiger charge is -2.33. The lowest BCUT2D eigenvalue weighted by Crippen LogP contribution is -2.34. The topological polar surface area (TPSA) is 47.9 Å². The van der Waals surface area contributed by atoms with E-state index in [0.717, 1.165) is 0 Å². The van der Waals surface area contributed by atoms with E-state index in [0.29, 0.717) is 23.5 Å². The van der Waals surface area contributed by atoms with Crippen LogP contribution in [-0.2, 0) is 4.74 Å². The third kappa shape index (κ3) is 2.76. The van der Waals surface area contributed by atoms with Crippen LogP contribution < -0.4 is 9.47 Å². The summed E-state index contributed by atoms with van der Waals surface area (Å²) < 4.78 is 15.9. The first-order valence-corrected chi connectivity index (χ1v) is 5.97. The summed E-state index contributed by atoms with van der Waals surface area (Å²) in [6.45, 7) is 3.85. The summed E-state index contributed by atoms with van der Waals surface area (Å²) in [6.07, 6.45) is -0.0619. The van der Waals surface area contributed by atoms with Crippen LogP contribution in [0.15, 0.2) is 18.2 Å². The van der Waals surface area contributed by atoms with Gasteiger partial charge in [-0.05, 0) is 25.5 Å². The third-order valence-corrected chi connectivity index (χ3v) is 3.48. The van der Waals surface area contributed by atoms with Crippen molar-refractivity contribution in [3.63, 3.8) is 0 Å². The molecule has 0 heterocycles. The number of ether oxygens (including phenoxy) is 3. The van der Waals surface area contributed by atoms with Crippen LogP contribution in [0.2, 0.25) is 0 Å². The lowest BCUT2D eigenvalue weighted by molar-refractivity contribution is -0.0950. The van der Waals surface area contributed by atoms with Crippen LogP contribution in [-0.4, -0.2) is 32.0 Å². The molecule has 0 bridgehead atoms. The number of rotatable bonds is 6. The second-order valence-corrected chi connectivity index (χ2v) is 4.38. The van der Waals surface area contributed by atoms with Crippen molar-refractivity contribution in [3.05, 3.63) is 23.8 Å². The van der Waals surface area contributed by atoms with Crippen molar-refractivity contribution >= 4 is 0 Å². The van der Waals surface area contributed by atoms with Crippen LogP contribution >= 0.6 is 0 Å². The monoisotopic (exact) mass is 254 g/mol. The summed E-state index contributed by atoms with van der Waals surface area (Å²) in [5.41, 5.74) is 0.0616. The minimum atomic E-state index is -0.756. The Hall–Kier alpha value is -1.26. The second-order valence-electron chi connectivity index (χ2n) is 4.38. The van der Waals surface area contributed by atoms with Gasteiger partial charge in [-0.15, -0.1) is 0 Å². The first kappa shape index (κ1) is 14.8. The van der Waals surface area contributed by atoms with Crippen molar-refractivity contribution in [1.29, 1.82) is 0 Å². The van der Waals surface area contributed by atoms with Gasteiger partial charge in [0.15, 0.2) is 0 Å². The molecule has 18 heavy (non-hydrogen) atoms. The molecule has 0 saturated carbocycles. The molecule has 0 fully saturated rings. The first-order valence-electron chi connectivity index (χ1n) is 5.97. The zero-order chi connectivity index (χ0) is 13.8. The summed E-state index contributed by atoms with van der Waals surface area (Å²) in [4.78, 5) is 0. The van der Waals surface area contributed by atoms with E-state index in [1.54, 1.807) is 39.5 Å². The molecule has 0 radical (unpaired) electrons. The number of aliphatic hydroxyl groups is 1. The molecule has 0 amide bonds. The van der Waals surface area contributed by atoms with Gasteiger partial charge in [-0.25, -0.2) is 0 Å². The highest BCUT2D eigenvalue weighted by Crippen LogP contribution is 2.37. The molecule has 1 rings (SSSR count). The minimum Gasteiger partial charge on any atom is -0.497 e. The van der Waals surface area contributed by atoms with Crippen molar-refractivity contribution in [2.45, 2.75) is 32.0 Å². The number of hydrogen-bond donors (Lipinski definition) is 1. The van der Waals surface area contributed by atoms with E-state index in [-0.39, 0.29) is 0 Å². The van der Waals surface area contributed by atoms with Crippen LogP contribution in [0, 0.1) is 0 Å². The van der Waals surface area contributed by atoms with E-state index in [9.17, 15) is 5.11 Å². The smallest absolute Gasteiger partial charge is 0.128 e. The third-order valence-electron chi connectivity index (χ3n) is 3.48. The molecular weight excluding hydrogens is 232 g/mol. The van der Waals surface area contributed by atoms with Gasteiger partial charge in [0.1, 0.15) is 17.6 Å². The van der Waals surface area contributed by atoms with Crippen molar-refractivity contribution < 1.29 is 19.3 Å². The van der Waals surface area contributed by atoms with E-state index in [4.69, 9.17) is 14.2 Å². The van der Waals surface area contributed by atoms with Gasteiger partial charge >= 0.3 is 0 Å². The van der Waals surface area contributed by atoms with Gasteiger partial charge in [0, 0.05) is 18.7 Å². The summed E-state index contributed by atoms with van der Waals surface area (Å²) in [5, 5.41) is 10.5. The molecule has 0 spiro atoms. The zero-order valence-electron chi connectivity index (χ0n) is 11.7. The molecule has 102 valence electrons. The molecule has 1 N–H and O–H groups in total. The lowest BCUT2D eigenvalue weighted by atomic mass is 9.89. The first-order chi connectivity index (χ1) is 8.52. The summed E-state index contributed by atoms with van der Waals surface area (Å²) in [7, 11) is 4.76. The normalized spacial score (nSPS) is 15.9. The second kappa shape index (κ2) is 6.07. The summed E-state index contributed by atoms with van der Waals surface area (Å²) in [5.74, 6) is 1.29. The van der Waals surface area contributed by atoms with Gasteiger partial charge in [-0.1, -0.05) is 6.92 Å². The Labute approximate surface area is 108 Å². The predicted octanol–water partition coefficient (Wildman–Crippen LogP) is 2.55. The maximum Gasteiger partial charge on any atom is 0.128 e. The largest absolute Gasteiger partial charge is 0.497 e. The van der Waals surface area contributed by atoms with Crippen LogP contribution in [0.3, 0.4) is 0 Å². The van der Waals surface area contributed by atoms with E-state index in [1.165, 1.54) is 0 Å². The molecule has 0 aromatic heterocycles. The molecule has 2 unspecified atom stereocenters. The van der Waals surface area contributed by atoms with Crippen LogP contribution in [0.1, 0.15) is 31.9 Å². The Bertz CT molecular complexity index is 385. The Morgan fingerprint density at radius 2 is 1.89 bits per heavy atom. The summed E-state index contributed by atoms with van der Waals surface area (Å²) >= 11 is 0. The molecule has 0 saturated heterocycles. The molecule has 1 aromatic rings. The number of benzene rings is 1. The fourth-order valence-corrected chi connectivity index (χ4v) is 1.82. The Morgan fingerprint density at radius 3 is 2.33 bits per heavy atom. The molecule has 4 heteroatoms. The molecule has 0 aliphatic heterocycles. The standard InChI is InChI=1S/C14H22O4/c1-6-14(2,18-5)13(15)11-8-7-10(16-3)9-12(11)17-4/h7-9,13,15H,6H2,1-5H3. The van der Waals surface area contributed by atoms with E-state index < -0.39 is 11.7 Å². The van der Waals surface area contributed by atoms with E-state index >= 15 is 0 Å². The average molecular weight is 254 g/mol. The quantitative estimate of drug-likeness (QED) is 0.847. The average Bonchev–Trinajstić information content (AvgIpc) is 2.44. The molecule has 4 nitrogen and oxygen atoms in total. The van der Waals surface area contributed by atoms with Crippen molar-refractivity contribution in [2.24, 2.45) is 0 Å². The van der Waals surface area contributed by atoms with Crippen molar-refractivity contribution in [3.8, 4) is 11.5 Å². The molecular formula is C14H22O4. The Morgan fingerprint density at radius 1 is 1.22 bits per heavy atom. The van der Waals surface area contributed by atoms with Gasteiger partial charge in [-0.2, -0.15) is 0 Å². The van der Waals surface area contributed by atoms with Crippen LogP contribution in [0.5, 0.6) is 11.5 Å². The van der Waals surface area contributed by atoms with Crippen molar-refractivity contribution in [2.75, 3.05) is 21.3 Å². The SMILES string of the molecule is CCC(C)(OC)C(O)c1ccc(OC)cc1OC. The molecule has 1 aromatic carbocycles. The van der Waals surface area contributed by atoms with E-state index in [2.05, 4.69) is 0 Å². The predicted molar refractivity (Wildman–Crippen MR) is 70.2 cm³/mol. The number of hydrogen-bond acceptors (Lipinski definition) is 4. The Balaban J connectivity index is 3.16. The van der Waals surface area contributed by atoms with Gasteiger partial charge in [0.25, 0.3) is 0 Å². The highest BCUT2D eigenvalue weighted by Gasteiger charge is 2.34. The minimum absolute atomic E-state index is 0.596. The molecule has 0 aliphatic carbocycles. The molecule has 0 aliphatic rings. The van der Waals surface area contributed by atoms with Gasteiger partial charge in [0.2, 0.25) is 0 Å². The zero-order valence-corrected chi connectivity index (χ0v) is 11.7. The van der Waals surface area contributed by atoms with Crippen molar-refractivity contribution in [1.82, 2.24) is 0 Å². The summed E-state index contributed by atoms with van der Waals surface area (Å²) in [6, 6.07) is 5.35. The van der Waals surface area contributed by atoms with Gasteiger partial charge < -0.3 is 19.3 Å². The number of aliphatic hydroxyl groups excluding tert-OH is 1. The highest BCUT2D eigenvalue weighted by molar-refractivity contribution is 5.42. The van der Waals surface area contributed by atoms with E-state index in [1.807, 2.05) is 13.8 Å². The van der Waals surface area contributed by atoms with Crippen LogP contribution in [0.4, 0.5) is 0 Å². The van der Waals surface area contributed by atoms with Gasteiger partial charge in [-0.3, -0.25) is 0 Å². The fraction of sp³-hybridized carbons (Fsp3) is 0.571. The van der Waals surface area contributed by atoms with Gasteiger partial charge in [0.05, 0.1) is 19.8 Å². The maximum absolute atomic E-state index is 10.5. The van der Waals surface area contributed by atoms with Crippen LogP contribution in [0.25, 0.3) is 0 Å². The number of methoxy groups -OCH3 is 3. The molecule has 2 atom stereocenters. The Kier molecular flexibility index (Phi) is 4.99. The fourth-order valence-electron chi connectivity index (χ4n) is 1.82. The maximum atomic E-state index is 10.5. The highest BCUT2D eigenvalue weighted by atomic mass is 16.5.